The second kappa shape index (κ2) is 10.4. The van der Waals surface area contributed by atoms with Gasteiger partial charge in [0, 0.05) is 33.2 Å². The number of rotatable bonds is 8. The van der Waals surface area contributed by atoms with Gasteiger partial charge in [-0.2, -0.15) is 4.31 Å². The predicted molar refractivity (Wildman–Crippen MR) is 120 cm³/mol. The van der Waals surface area contributed by atoms with Crippen LogP contribution in [-0.2, 0) is 16.6 Å². The van der Waals surface area contributed by atoms with Gasteiger partial charge in [-0.05, 0) is 43.0 Å². The van der Waals surface area contributed by atoms with Gasteiger partial charge in [-0.3, -0.25) is 4.99 Å². The summed E-state index contributed by atoms with van der Waals surface area (Å²) in [6.07, 6.45) is 0. The van der Waals surface area contributed by atoms with Crippen LogP contribution in [0, 0.1) is 0 Å². The van der Waals surface area contributed by atoms with Crippen molar-refractivity contribution in [2.75, 3.05) is 20.6 Å². The topological polar surface area (TPSA) is 73.8 Å². The first-order valence-corrected chi connectivity index (χ1v) is 11.3. The van der Waals surface area contributed by atoms with Gasteiger partial charge in [0.15, 0.2) is 5.96 Å². The van der Waals surface area contributed by atoms with Gasteiger partial charge in [0.1, 0.15) is 0 Å². The maximum atomic E-state index is 12.5. The molecule has 158 valence electrons. The minimum absolute atomic E-state index is 0.0889. The van der Waals surface area contributed by atoms with Crippen LogP contribution in [0.2, 0.25) is 0 Å². The number of aliphatic imine (C=N–C) groups is 1. The van der Waals surface area contributed by atoms with Crippen LogP contribution in [0.4, 0.5) is 0 Å². The van der Waals surface area contributed by atoms with Crippen LogP contribution >= 0.6 is 0 Å². The van der Waals surface area contributed by atoms with Gasteiger partial charge in [-0.1, -0.05) is 49.4 Å². The average Bonchev–Trinajstić information content (AvgIpc) is 2.73. The highest BCUT2D eigenvalue weighted by molar-refractivity contribution is 7.89. The number of nitrogens with one attached hydrogen (secondary N) is 2. The van der Waals surface area contributed by atoms with Crippen molar-refractivity contribution in [1.82, 2.24) is 14.9 Å². The second-order valence-corrected chi connectivity index (χ2v) is 9.37. The molecule has 7 heteroatoms. The number of guanidine groups is 1. The summed E-state index contributed by atoms with van der Waals surface area (Å²) in [6.45, 7) is 7.20. The maximum absolute atomic E-state index is 12.5. The average molecular weight is 417 g/mol. The molecule has 0 saturated heterocycles. The molecule has 1 unspecified atom stereocenters. The first-order valence-electron chi connectivity index (χ1n) is 9.82. The summed E-state index contributed by atoms with van der Waals surface area (Å²) in [5, 5.41) is 6.61. The van der Waals surface area contributed by atoms with Crippen molar-refractivity contribution in [3.8, 4) is 0 Å². The Labute approximate surface area is 175 Å². The smallest absolute Gasteiger partial charge is 0.243 e. The molecule has 0 amide bonds. The van der Waals surface area contributed by atoms with E-state index in [9.17, 15) is 8.42 Å². The van der Waals surface area contributed by atoms with Crippen molar-refractivity contribution in [2.45, 2.75) is 44.2 Å². The Morgan fingerprint density at radius 1 is 1.00 bits per heavy atom. The fourth-order valence-corrected chi connectivity index (χ4v) is 4.15. The molecule has 2 aromatic carbocycles. The van der Waals surface area contributed by atoms with E-state index in [1.54, 1.807) is 26.2 Å². The molecule has 0 aliphatic heterocycles. The van der Waals surface area contributed by atoms with Gasteiger partial charge in [-0.15, -0.1) is 0 Å². The monoisotopic (exact) mass is 416 g/mol. The van der Waals surface area contributed by atoms with Gasteiger partial charge in [0.2, 0.25) is 10.0 Å². The number of nitrogens with zero attached hydrogens (tertiary/aromatic N) is 2. The lowest BCUT2D eigenvalue weighted by Gasteiger charge is -2.21. The summed E-state index contributed by atoms with van der Waals surface area (Å²) in [5.41, 5.74) is 2.26. The van der Waals surface area contributed by atoms with E-state index in [2.05, 4.69) is 34.7 Å². The first kappa shape index (κ1) is 22.9. The lowest BCUT2D eigenvalue weighted by Crippen LogP contribution is -2.38. The molecule has 1 atom stereocenters. The Morgan fingerprint density at radius 3 is 2.17 bits per heavy atom. The number of hydrogen-bond donors (Lipinski definition) is 2. The van der Waals surface area contributed by atoms with E-state index in [0.29, 0.717) is 23.3 Å². The molecule has 0 aliphatic carbocycles. The van der Waals surface area contributed by atoms with E-state index in [1.165, 1.54) is 9.87 Å². The quantitative estimate of drug-likeness (QED) is 0.512. The maximum Gasteiger partial charge on any atom is 0.243 e. The standard InChI is InChI=1S/C22H32N4O2S/c1-17(2)26(5)29(27,28)21-13-11-19(12-14-21)16-25-22(23-4)24-15-18(3)20-9-7-6-8-10-20/h6-14,17-18H,15-16H2,1-5H3,(H2,23,24,25). The molecular formula is C22H32N4O2S. The molecule has 0 heterocycles. The van der Waals surface area contributed by atoms with Crippen LogP contribution in [-0.4, -0.2) is 45.4 Å². The van der Waals surface area contributed by atoms with E-state index >= 15 is 0 Å². The normalized spacial score (nSPS) is 13.6. The Balaban J connectivity index is 1.91. The van der Waals surface area contributed by atoms with Crippen LogP contribution < -0.4 is 10.6 Å². The molecule has 2 aromatic rings. The van der Waals surface area contributed by atoms with Crippen molar-refractivity contribution in [2.24, 2.45) is 4.99 Å². The summed E-state index contributed by atoms with van der Waals surface area (Å²) in [5.74, 6) is 1.07. The fraction of sp³-hybridized carbons (Fsp3) is 0.409. The molecule has 0 bridgehead atoms. The molecule has 0 fully saturated rings. The summed E-state index contributed by atoms with van der Waals surface area (Å²) in [4.78, 5) is 4.56. The fourth-order valence-electron chi connectivity index (χ4n) is 2.78. The third kappa shape index (κ3) is 6.30. The van der Waals surface area contributed by atoms with E-state index in [1.807, 2.05) is 44.2 Å². The van der Waals surface area contributed by atoms with Gasteiger partial charge in [0.25, 0.3) is 0 Å². The van der Waals surface area contributed by atoms with Crippen LogP contribution in [0.15, 0.2) is 64.5 Å². The molecule has 0 saturated carbocycles. The largest absolute Gasteiger partial charge is 0.356 e. The summed E-state index contributed by atoms with van der Waals surface area (Å²) >= 11 is 0. The Morgan fingerprint density at radius 2 is 1.62 bits per heavy atom. The van der Waals surface area contributed by atoms with Crippen molar-refractivity contribution in [1.29, 1.82) is 0 Å². The lowest BCUT2D eigenvalue weighted by atomic mass is 10.0. The van der Waals surface area contributed by atoms with Crippen molar-refractivity contribution in [3.05, 3.63) is 65.7 Å². The highest BCUT2D eigenvalue weighted by atomic mass is 32.2. The molecule has 0 spiro atoms. The third-order valence-corrected chi connectivity index (χ3v) is 7.00. The molecule has 2 N–H and O–H groups in total. The molecule has 0 aliphatic rings. The van der Waals surface area contributed by atoms with Gasteiger partial charge >= 0.3 is 0 Å². The van der Waals surface area contributed by atoms with Crippen LogP contribution in [0.25, 0.3) is 0 Å². The van der Waals surface area contributed by atoms with E-state index in [0.717, 1.165) is 12.1 Å². The Bertz CT molecular complexity index is 894. The van der Waals surface area contributed by atoms with Crippen LogP contribution in [0.5, 0.6) is 0 Å². The summed E-state index contributed by atoms with van der Waals surface area (Å²) in [6, 6.07) is 17.2. The highest BCUT2D eigenvalue weighted by Gasteiger charge is 2.22. The molecular weight excluding hydrogens is 384 g/mol. The van der Waals surface area contributed by atoms with E-state index in [-0.39, 0.29) is 6.04 Å². The SMILES string of the molecule is CN=C(NCc1ccc(S(=O)(=O)N(C)C(C)C)cc1)NCC(C)c1ccccc1. The third-order valence-electron chi connectivity index (χ3n) is 4.96. The Kier molecular flexibility index (Phi) is 8.22. The zero-order valence-electron chi connectivity index (χ0n) is 17.9. The van der Waals surface area contributed by atoms with Crippen molar-refractivity contribution in [3.63, 3.8) is 0 Å². The first-order chi connectivity index (χ1) is 13.8. The summed E-state index contributed by atoms with van der Waals surface area (Å²) < 4.78 is 26.5. The molecule has 2 rings (SSSR count). The molecule has 0 aromatic heterocycles. The number of sulfonamides is 1. The summed E-state index contributed by atoms with van der Waals surface area (Å²) in [7, 11) is -0.124. The molecule has 0 radical (unpaired) electrons. The predicted octanol–water partition coefficient (Wildman–Crippen LogP) is 3.18. The zero-order valence-corrected chi connectivity index (χ0v) is 18.7. The van der Waals surface area contributed by atoms with Crippen molar-refractivity contribution < 1.29 is 8.42 Å². The minimum atomic E-state index is -3.46. The van der Waals surface area contributed by atoms with E-state index < -0.39 is 10.0 Å². The van der Waals surface area contributed by atoms with Gasteiger partial charge in [0.05, 0.1) is 4.90 Å². The lowest BCUT2D eigenvalue weighted by molar-refractivity contribution is 0.410. The minimum Gasteiger partial charge on any atom is -0.356 e. The highest BCUT2D eigenvalue weighted by Crippen LogP contribution is 2.17. The van der Waals surface area contributed by atoms with Crippen molar-refractivity contribution >= 4 is 16.0 Å². The number of benzene rings is 2. The second-order valence-electron chi connectivity index (χ2n) is 7.38. The van der Waals surface area contributed by atoms with Gasteiger partial charge < -0.3 is 10.6 Å². The van der Waals surface area contributed by atoms with Crippen LogP contribution in [0.1, 0.15) is 37.8 Å². The Hall–Kier alpha value is -2.38. The molecule has 29 heavy (non-hydrogen) atoms. The zero-order chi connectivity index (χ0) is 21.4. The van der Waals surface area contributed by atoms with E-state index in [4.69, 9.17) is 0 Å². The van der Waals surface area contributed by atoms with Crippen LogP contribution in [0.3, 0.4) is 0 Å². The number of hydrogen-bond acceptors (Lipinski definition) is 3. The van der Waals surface area contributed by atoms with Gasteiger partial charge in [-0.25, -0.2) is 8.42 Å². The molecule has 6 nitrogen and oxygen atoms in total.